The van der Waals surface area contributed by atoms with Gasteiger partial charge in [0.15, 0.2) is 0 Å². The molecule has 3 rings (SSSR count). The largest absolute Gasteiger partial charge is 0.488 e. The molecule has 41 heavy (non-hydrogen) atoms. The molecule has 0 unspecified atom stereocenters. The number of hydrogen-bond donors (Lipinski definition) is 1. The molecule has 1 heterocycles. The van der Waals surface area contributed by atoms with Gasteiger partial charge in [0.2, 0.25) is 0 Å². The Morgan fingerprint density at radius 3 is 2.34 bits per heavy atom. The van der Waals surface area contributed by atoms with Crippen LogP contribution in [0.1, 0.15) is 73.9 Å². The van der Waals surface area contributed by atoms with Crippen molar-refractivity contribution in [2.75, 3.05) is 19.6 Å². The number of carboxylic acid groups (broad SMARTS) is 1. The highest BCUT2D eigenvalue weighted by Crippen LogP contribution is 2.33. The summed E-state index contributed by atoms with van der Waals surface area (Å²) in [4.78, 5) is 40.9. The summed E-state index contributed by atoms with van der Waals surface area (Å²) in [6, 6.07) is 8.04. The number of thioether (sulfide) groups is 1. The lowest BCUT2D eigenvalue weighted by molar-refractivity contribution is -0.140. The maximum Gasteiger partial charge on any atom is 0.323 e. The van der Waals surface area contributed by atoms with E-state index in [0.717, 1.165) is 67.3 Å². The van der Waals surface area contributed by atoms with E-state index in [2.05, 4.69) is 13.8 Å². The summed E-state index contributed by atoms with van der Waals surface area (Å²) < 4.78 is 33.7. The molecule has 0 bridgehead atoms. The number of benzene rings is 2. The van der Waals surface area contributed by atoms with Crippen molar-refractivity contribution < 1.29 is 33.0 Å². The highest BCUT2D eigenvalue weighted by atomic mass is 32.2. The number of amides is 2. The van der Waals surface area contributed by atoms with Crippen LogP contribution in [0.4, 0.5) is 8.78 Å². The van der Waals surface area contributed by atoms with Gasteiger partial charge in [0.1, 0.15) is 34.9 Å². The second-order valence-electron chi connectivity index (χ2n) is 9.65. The number of nitrogens with zero attached hydrogens (tertiary/aromatic N) is 2. The predicted molar refractivity (Wildman–Crippen MR) is 160 cm³/mol. The van der Waals surface area contributed by atoms with Gasteiger partial charge in [-0.2, -0.15) is 0 Å². The average molecular weight is 605 g/mol. The van der Waals surface area contributed by atoms with Gasteiger partial charge >= 0.3 is 5.97 Å². The molecule has 0 atom stereocenters. The zero-order valence-electron chi connectivity index (χ0n) is 23.2. The lowest BCUT2D eigenvalue weighted by Crippen LogP contribution is -2.33. The molecule has 0 spiro atoms. The zero-order chi connectivity index (χ0) is 29.9. The first-order valence-electron chi connectivity index (χ1n) is 13.6. The van der Waals surface area contributed by atoms with Crippen molar-refractivity contribution in [1.82, 2.24) is 9.80 Å². The molecule has 1 N–H and O–H groups in total. The Morgan fingerprint density at radius 2 is 1.73 bits per heavy atom. The van der Waals surface area contributed by atoms with Gasteiger partial charge in [0, 0.05) is 24.7 Å². The molecule has 1 aliphatic heterocycles. The van der Waals surface area contributed by atoms with E-state index >= 15 is 0 Å². The minimum Gasteiger partial charge on any atom is -0.488 e. The number of aliphatic carboxylic acids is 1. The van der Waals surface area contributed by atoms with Crippen LogP contribution >= 0.6 is 24.0 Å². The molecule has 220 valence electrons. The summed E-state index contributed by atoms with van der Waals surface area (Å²) in [5.41, 5.74) is 0.903. The highest BCUT2D eigenvalue weighted by Gasteiger charge is 2.33. The molecule has 1 fully saturated rings. The van der Waals surface area contributed by atoms with Crippen molar-refractivity contribution in [3.05, 3.63) is 69.6 Å². The number of rotatable bonds is 15. The van der Waals surface area contributed by atoms with Gasteiger partial charge in [0.25, 0.3) is 11.8 Å². The molecule has 2 amide bonds. The molecular weight excluding hydrogens is 570 g/mol. The third-order valence-electron chi connectivity index (χ3n) is 6.45. The van der Waals surface area contributed by atoms with Crippen LogP contribution < -0.4 is 4.74 Å². The van der Waals surface area contributed by atoms with E-state index in [1.54, 1.807) is 29.2 Å². The molecule has 7 nitrogen and oxygen atoms in total. The van der Waals surface area contributed by atoms with Gasteiger partial charge in [-0.1, -0.05) is 69.6 Å². The van der Waals surface area contributed by atoms with Crippen LogP contribution in [-0.2, 0) is 16.2 Å². The summed E-state index contributed by atoms with van der Waals surface area (Å²) in [7, 11) is 0. The third kappa shape index (κ3) is 9.09. The van der Waals surface area contributed by atoms with Crippen molar-refractivity contribution in [2.24, 2.45) is 0 Å². The van der Waals surface area contributed by atoms with Crippen LogP contribution in [0.3, 0.4) is 0 Å². The van der Waals surface area contributed by atoms with E-state index in [4.69, 9.17) is 22.1 Å². The van der Waals surface area contributed by atoms with Gasteiger partial charge in [-0.25, -0.2) is 8.78 Å². The molecule has 0 aliphatic carbocycles. The van der Waals surface area contributed by atoms with Gasteiger partial charge in [0.05, 0.1) is 10.5 Å². The van der Waals surface area contributed by atoms with Gasteiger partial charge in [-0.05, 0) is 48.7 Å². The smallest absolute Gasteiger partial charge is 0.323 e. The molecule has 1 saturated heterocycles. The molecule has 0 aromatic heterocycles. The Morgan fingerprint density at radius 1 is 1.05 bits per heavy atom. The van der Waals surface area contributed by atoms with E-state index in [9.17, 15) is 23.2 Å². The number of carbonyl (C=O) groups is 3. The molecule has 0 radical (unpaired) electrons. The third-order valence-corrected chi connectivity index (χ3v) is 7.83. The molecule has 0 saturated carbocycles. The van der Waals surface area contributed by atoms with Crippen molar-refractivity contribution >= 4 is 52.2 Å². The highest BCUT2D eigenvalue weighted by molar-refractivity contribution is 8.26. The summed E-state index contributed by atoms with van der Waals surface area (Å²) in [5, 5.41) is 9.10. The first-order valence-corrected chi connectivity index (χ1v) is 14.8. The van der Waals surface area contributed by atoms with E-state index < -0.39 is 30.1 Å². The number of unbranched alkanes of at least 4 members (excludes halogenated alkanes) is 4. The lowest BCUT2D eigenvalue weighted by atomic mass is 10.1. The normalized spacial score (nSPS) is 14.1. The number of halogens is 2. The summed E-state index contributed by atoms with van der Waals surface area (Å²) >= 11 is 6.17. The molecule has 2 aromatic rings. The van der Waals surface area contributed by atoms with Crippen LogP contribution in [0.5, 0.6) is 5.75 Å². The van der Waals surface area contributed by atoms with Crippen LogP contribution in [0.15, 0.2) is 41.3 Å². The molecule has 11 heteroatoms. The SMILES string of the molecule is CCCCCN(CCCCC)C(=O)c1cc(/C=C2\SC(=S)N(CC(=O)O)C2=O)ccc1OCc1ccc(F)cc1F. The topological polar surface area (TPSA) is 87.2 Å². The second kappa shape index (κ2) is 15.6. The minimum atomic E-state index is -1.18. The quantitative estimate of drug-likeness (QED) is 0.138. The van der Waals surface area contributed by atoms with Gasteiger partial charge < -0.3 is 14.7 Å². The van der Waals surface area contributed by atoms with E-state index in [1.165, 1.54) is 6.07 Å². The Bertz CT molecular complexity index is 1310. The fourth-order valence-corrected chi connectivity index (χ4v) is 5.49. The first-order chi connectivity index (χ1) is 19.6. The van der Waals surface area contributed by atoms with Crippen molar-refractivity contribution in [1.29, 1.82) is 0 Å². The summed E-state index contributed by atoms with van der Waals surface area (Å²) in [6.45, 7) is 4.56. The fraction of sp³-hybridized carbons (Fsp3) is 0.400. The fourth-order valence-electron chi connectivity index (χ4n) is 4.24. The maximum absolute atomic E-state index is 14.3. The minimum absolute atomic E-state index is 0.138. The van der Waals surface area contributed by atoms with Gasteiger partial charge in [-0.3, -0.25) is 19.3 Å². The standard InChI is InChI=1S/C30H34F2N2O5S2/c1-3-5-7-13-33(14-8-6-4-2)28(37)23-15-20(16-26-29(38)34(18-27(35)36)30(40)41-26)9-12-25(23)39-19-21-10-11-22(31)17-24(21)32/h9-12,15-17H,3-8,13-14,18-19H2,1-2H3,(H,35,36)/b26-16-. The Kier molecular flexibility index (Phi) is 12.3. The number of carboxylic acids is 1. The summed E-state index contributed by atoms with van der Waals surface area (Å²) in [5.74, 6) is -3.18. The number of ether oxygens (including phenoxy) is 1. The Hall–Kier alpha value is -3.31. The van der Waals surface area contributed by atoms with Crippen LogP contribution in [0, 0.1) is 11.6 Å². The second-order valence-corrected chi connectivity index (χ2v) is 11.3. The monoisotopic (exact) mass is 604 g/mol. The molecule has 2 aromatic carbocycles. The predicted octanol–water partition coefficient (Wildman–Crippen LogP) is 6.65. The van der Waals surface area contributed by atoms with Crippen molar-refractivity contribution in [3.63, 3.8) is 0 Å². The van der Waals surface area contributed by atoms with Crippen LogP contribution in [-0.4, -0.2) is 56.6 Å². The van der Waals surface area contributed by atoms with Crippen molar-refractivity contribution in [2.45, 2.75) is 59.0 Å². The lowest BCUT2D eigenvalue weighted by Gasteiger charge is -2.24. The van der Waals surface area contributed by atoms with Gasteiger partial charge in [-0.15, -0.1) is 0 Å². The zero-order valence-corrected chi connectivity index (χ0v) is 24.8. The van der Waals surface area contributed by atoms with E-state index in [0.29, 0.717) is 18.7 Å². The number of thiocarbonyl (C=S) groups is 1. The maximum atomic E-state index is 14.3. The van der Waals surface area contributed by atoms with Crippen LogP contribution in [0.25, 0.3) is 6.08 Å². The van der Waals surface area contributed by atoms with Crippen LogP contribution in [0.2, 0.25) is 0 Å². The average Bonchev–Trinajstić information content (AvgIpc) is 3.18. The molecule has 1 aliphatic rings. The Labute approximate surface area is 248 Å². The van der Waals surface area contributed by atoms with Crippen molar-refractivity contribution in [3.8, 4) is 5.75 Å². The summed E-state index contributed by atoms with van der Waals surface area (Å²) in [6.07, 6.45) is 7.20. The first kappa shape index (κ1) is 32.2. The molecular formula is C30H34F2N2O5S2. The number of hydrogen-bond acceptors (Lipinski definition) is 6. The van der Waals surface area contributed by atoms with E-state index in [1.807, 2.05) is 0 Å². The Balaban J connectivity index is 1.96. The number of carbonyl (C=O) groups excluding carboxylic acids is 2. The van der Waals surface area contributed by atoms with E-state index in [-0.39, 0.29) is 38.6 Å².